The summed E-state index contributed by atoms with van der Waals surface area (Å²) < 4.78 is 0. The molecule has 1 fully saturated rings. The van der Waals surface area contributed by atoms with Crippen molar-refractivity contribution < 1.29 is 0 Å². The molecule has 3 unspecified atom stereocenters. The fraction of sp³-hybridized carbons (Fsp3) is 1.00. The summed E-state index contributed by atoms with van der Waals surface area (Å²) in [6, 6.07) is 0. The van der Waals surface area contributed by atoms with Gasteiger partial charge in [-0.2, -0.15) is 0 Å². The molecule has 1 aliphatic rings. The zero-order valence-electron chi connectivity index (χ0n) is 24.1. The Morgan fingerprint density at radius 3 is 1.57 bits per heavy atom. The molecule has 0 aromatic rings. The monoisotopic (exact) mass is 420 g/mol. The Morgan fingerprint density at radius 2 is 1.27 bits per heavy atom. The fourth-order valence-corrected chi connectivity index (χ4v) is 9.06. The van der Waals surface area contributed by atoms with Gasteiger partial charge in [0.25, 0.3) is 0 Å². The third-order valence-electron chi connectivity index (χ3n) is 11.4. The van der Waals surface area contributed by atoms with Crippen molar-refractivity contribution in [1.82, 2.24) is 0 Å². The van der Waals surface area contributed by atoms with E-state index in [4.69, 9.17) is 0 Å². The summed E-state index contributed by atoms with van der Waals surface area (Å²) in [6.07, 6.45) is 5.26. The molecular formula is C30H60. The molecule has 1 aliphatic carbocycles. The van der Waals surface area contributed by atoms with Gasteiger partial charge in [-0.05, 0) is 75.4 Å². The Morgan fingerprint density at radius 1 is 0.833 bits per heavy atom. The molecule has 0 bridgehead atoms. The van der Waals surface area contributed by atoms with E-state index in [1.807, 2.05) is 0 Å². The van der Waals surface area contributed by atoms with Crippen molar-refractivity contribution in [3.05, 3.63) is 0 Å². The minimum absolute atomic E-state index is 0.290. The molecule has 0 saturated heterocycles. The second-order valence-electron chi connectivity index (χ2n) is 15.0. The minimum atomic E-state index is 0.290. The average Bonchev–Trinajstić information content (AvgIpc) is 2.63. The highest BCUT2D eigenvalue weighted by Crippen LogP contribution is 2.72. The molecule has 0 heteroatoms. The largest absolute Gasteiger partial charge is 0.0654 e. The molecule has 0 aliphatic heterocycles. The lowest BCUT2D eigenvalue weighted by Crippen LogP contribution is -2.52. The van der Waals surface area contributed by atoms with Crippen molar-refractivity contribution in [1.29, 1.82) is 0 Å². The zero-order chi connectivity index (χ0) is 24.1. The molecule has 0 aromatic carbocycles. The maximum Gasteiger partial charge on any atom is -0.0215 e. The van der Waals surface area contributed by atoms with Gasteiger partial charge in [0.1, 0.15) is 0 Å². The van der Waals surface area contributed by atoms with E-state index in [0.717, 1.165) is 23.7 Å². The first-order valence-electron chi connectivity index (χ1n) is 13.1. The summed E-state index contributed by atoms with van der Waals surface area (Å²) in [5.41, 5.74) is 2.01. The molecule has 0 aromatic heterocycles. The van der Waals surface area contributed by atoms with Gasteiger partial charge >= 0.3 is 0 Å². The topological polar surface area (TPSA) is 0 Å². The molecule has 1 saturated carbocycles. The summed E-state index contributed by atoms with van der Waals surface area (Å²) in [6.45, 7) is 40.6. The average molecular weight is 421 g/mol. The maximum atomic E-state index is 2.65. The third kappa shape index (κ3) is 4.29. The van der Waals surface area contributed by atoms with Crippen LogP contribution in [-0.4, -0.2) is 0 Å². The predicted molar refractivity (Wildman–Crippen MR) is 138 cm³/mol. The predicted octanol–water partition coefficient (Wildman–Crippen LogP) is 10.3. The Kier molecular flexibility index (Phi) is 7.86. The van der Waals surface area contributed by atoms with Crippen LogP contribution in [0.1, 0.15) is 136 Å². The van der Waals surface area contributed by atoms with Gasteiger partial charge in [-0.3, -0.25) is 0 Å². The van der Waals surface area contributed by atoms with Crippen LogP contribution in [0.25, 0.3) is 0 Å². The molecule has 0 nitrogen and oxygen atoms in total. The quantitative estimate of drug-likeness (QED) is 0.348. The molecule has 1 rings (SSSR count). The van der Waals surface area contributed by atoms with Gasteiger partial charge in [-0.25, -0.2) is 0 Å². The number of rotatable bonds is 9. The highest BCUT2D eigenvalue weighted by atomic mass is 14.7. The molecule has 0 heterocycles. The third-order valence-corrected chi connectivity index (χ3v) is 11.4. The van der Waals surface area contributed by atoms with Crippen LogP contribution in [0.4, 0.5) is 0 Å². The van der Waals surface area contributed by atoms with E-state index in [2.05, 4.69) is 111 Å². The van der Waals surface area contributed by atoms with Crippen molar-refractivity contribution in [2.45, 2.75) is 136 Å². The molecule has 30 heavy (non-hydrogen) atoms. The Hall–Kier alpha value is 0. The van der Waals surface area contributed by atoms with Crippen LogP contribution in [0.3, 0.4) is 0 Å². The molecule has 0 amide bonds. The van der Waals surface area contributed by atoms with Gasteiger partial charge in [-0.15, -0.1) is 0 Å². The van der Waals surface area contributed by atoms with Gasteiger partial charge in [0.05, 0.1) is 0 Å². The lowest BCUT2D eigenvalue weighted by atomic mass is 9.45. The van der Waals surface area contributed by atoms with E-state index in [1.54, 1.807) is 0 Å². The molecule has 180 valence electrons. The van der Waals surface area contributed by atoms with E-state index in [0.29, 0.717) is 27.1 Å². The molecular weight excluding hydrogens is 360 g/mol. The van der Waals surface area contributed by atoms with E-state index in [9.17, 15) is 0 Å². The molecule has 0 radical (unpaired) electrons. The lowest BCUT2D eigenvalue weighted by molar-refractivity contribution is -0.105. The fourth-order valence-electron chi connectivity index (χ4n) is 9.06. The summed E-state index contributed by atoms with van der Waals surface area (Å²) in [5.74, 6) is 2.91. The molecule has 0 spiro atoms. The van der Waals surface area contributed by atoms with Crippen LogP contribution in [0.15, 0.2) is 0 Å². The Balaban J connectivity index is 3.51. The van der Waals surface area contributed by atoms with Gasteiger partial charge in [0.2, 0.25) is 0 Å². The summed E-state index contributed by atoms with van der Waals surface area (Å²) in [7, 11) is 0. The summed E-state index contributed by atoms with van der Waals surface area (Å²) >= 11 is 0. The number of hydrogen-bond donors (Lipinski definition) is 0. The standard InChI is InChI=1S/C30H60/c1-17-18-29(15,28(13,14)24(21(2)3)22(4)5)20-26(9,10)30(16)19-25(7,8)23(6)27(30,11)12/h21-24H,17-20H2,1-16H3. The second-order valence-corrected chi connectivity index (χ2v) is 15.0. The van der Waals surface area contributed by atoms with Crippen LogP contribution in [0.5, 0.6) is 0 Å². The first kappa shape index (κ1) is 28.0. The van der Waals surface area contributed by atoms with Crippen molar-refractivity contribution in [3.8, 4) is 0 Å². The van der Waals surface area contributed by atoms with Crippen LogP contribution in [0.2, 0.25) is 0 Å². The van der Waals surface area contributed by atoms with Crippen molar-refractivity contribution in [3.63, 3.8) is 0 Å². The lowest BCUT2D eigenvalue weighted by Gasteiger charge is -2.59. The maximum absolute atomic E-state index is 2.65. The van der Waals surface area contributed by atoms with E-state index < -0.39 is 0 Å². The first-order chi connectivity index (χ1) is 13.1. The van der Waals surface area contributed by atoms with Crippen molar-refractivity contribution >= 4 is 0 Å². The highest BCUT2D eigenvalue weighted by molar-refractivity contribution is 5.13. The SMILES string of the molecule is CCCC(C)(CC(C)(C)C1(C)CC(C)(C)C(C)C1(C)C)C(C)(C)C(C(C)C)C(C)C. The van der Waals surface area contributed by atoms with Crippen LogP contribution in [0, 0.1) is 56.2 Å². The van der Waals surface area contributed by atoms with E-state index >= 15 is 0 Å². The second kappa shape index (κ2) is 8.41. The summed E-state index contributed by atoms with van der Waals surface area (Å²) in [5, 5.41) is 0. The molecule has 3 atom stereocenters. The minimum Gasteiger partial charge on any atom is -0.0654 e. The van der Waals surface area contributed by atoms with E-state index in [1.165, 1.54) is 25.7 Å². The van der Waals surface area contributed by atoms with Crippen LogP contribution < -0.4 is 0 Å². The Labute approximate surface area is 192 Å². The van der Waals surface area contributed by atoms with Crippen molar-refractivity contribution in [2.75, 3.05) is 0 Å². The van der Waals surface area contributed by atoms with Crippen LogP contribution in [-0.2, 0) is 0 Å². The van der Waals surface area contributed by atoms with Crippen LogP contribution >= 0.6 is 0 Å². The Bertz CT molecular complexity index is 565. The first-order valence-corrected chi connectivity index (χ1v) is 13.1. The smallest absolute Gasteiger partial charge is 0.0215 e. The van der Waals surface area contributed by atoms with Gasteiger partial charge in [0.15, 0.2) is 0 Å². The van der Waals surface area contributed by atoms with E-state index in [-0.39, 0.29) is 5.41 Å². The van der Waals surface area contributed by atoms with Gasteiger partial charge in [0, 0.05) is 0 Å². The number of hydrogen-bond acceptors (Lipinski definition) is 0. The highest BCUT2D eigenvalue weighted by Gasteiger charge is 2.64. The normalized spacial score (nSPS) is 29.1. The van der Waals surface area contributed by atoms with Gasteiger partial charge < -0.3 is 0 Å². The van der Waals surface area contributed by atoms with Gasteiger partial charge in [-0.1, -0.05) is 117 Å². The zero-order valence-corrected chi connectivity index (χ0v) is 24.1. The summed E-state index contributed by atoms with van der Waals surface area (Å²) in [4.78, 5) is 0. The van der Waals surface area contributed by atoms with Crippen molar-refractivity contribution in [2.24, 2.45) is 56.2 Å². The molecule has 0 N–H and O–H groups in total.